The molecule has 0 saturated carbocycles. The second kappa shape index (κ2) is 4.97. The summed E-state index contributed by atoms with van der Waals surface area (Å²) in [5.41, 5.74) is 2.54. The molecular formula is C13H13ClN6. The fraction of sp³-hybridized carbons (Fsp3) is 0.154. The number of anilines is 3. The third kappa shape index (κ3) is 2.14. The highest BCUT2D eigenvalue weighted by atomic mass is 35.5. The number of fused-ring (bicyclic) bond motifs is 1. The Morgan fingerprint density at radius 3 is 2.90 bits per heavy atom. The molecule has 0 amide bonds. The van der Waals surface area contributed by atoms with Crippen LogP contribution >= 0.6 is 11.6 Å². The molecule has 20 heavy (non-hydrogen) atoms. The van der Waals surface area contributed by atoms with Crippen LogP contribution in [0.15, 0.2) is 24.4 Å². The van der Waals surface area contributed by atoms with E-state index in [0.29, 0.717) is 22.4 Å². The van der Waals surface area contributed by atoms with E-state index in [1.807, 2.05) is 25.1 Å². The van der Waals surface area contributed by atoms with Crippen molar-refractivity contribution in [1.82, 2.24) is 20.2 Å². The molecule has 2 heterocycles. The lowest BCUT2D eigenvalue weighted by atomic mass is 10.2. The number of aromatic nitrogens is 4. The maximum Gasteiger partial charge on any atom is 0.226 e. The number of hydrogen-bond donors (Lipinski definition) is 3. The lowest BCUT2D eigenvalue weighted by Crippen LogP contribution is -2.02. The highest BCUT2D eigenvalue weighted by molar-refractivity contribution is 6.31. The molecule has 102 valence electrons. The van der Waals surface area contributed by atoms with Crippen molar-refractivity contribution in [1.29, 1.82) is 0 Å². The third-order valence-corrected chi connectivity index (χ3v) is 3.46. The summed E-state index contributed by atoms with van der Waals surface area (Å²) in [7, 11) is 1.77. The standard InChI is InChI=1S/C13H13ClN6/c1-7-9(14)4-3-5-10(7)17-11-8-6-16-20-12(8)19-13(15-2)18-11/h3-6H,1-2H3,(H3,15,16,17,18,19,20). The minimum atomic E-state index is 0.518. The van der Waals surface area contributed by atoms with Gasteiger partial charge in [0.1, 0.15) is 5.82 Å². The van der Waals surface area contributed by atoms with Gasteiger partial charge < -0.3 is 10.6 Å². The van der Waals surface area contributed by atoms with Crippen molar-refractivity contribution >= 4 is 40.1 Å². The Morgan fingerprint density at radius 1 is 1.25 bits per heavy atom. The predicted molar refractivity (Wildman–Crippen MR) is 80.7 cm³/mol. The molecule has 0 fully saturated rings. The second-order valence-corrected chi connectivity index (χ2v) is 4.72. The summed E-state index contributed by atoms with van der Waals surface area (Å²) >= 11 is 6.13. The van der Waals surface area contributed by atoms with E-state index in [9.17, 15) is 0 Å². The van der Waals surface area contributed by atoms with Gasteiger partial charge in [0.15, 0.2) is 5.65 Å². The summed E-state index contributed by atoms with van der Waals surface area (Å²) in [6.45, 7) is 1.96. The van der Waals surface area contributed by atoms with Crippen LogP contribution in [0.1, 0.15) is 5.56 Å². The van der Waals surface area contributed by atoms with Gasteiger partial charge in [-0.25, -0.2) is 0 Å². The van der Waals surface area contributed by atoms with Crippen LogP contribution < -0.4 is 10.6 Å². The van der Waals surface area contributed by atoms with Crippen LogP contribution in [0.4, 0.5) is 17.5 Å². The Bertz CT molecular complexity index is 767. The summed E-state index contributed by atoms with van der Waals surface area (Å²) in [6.07, 6.45) is 1.69. The summed E-state index contributed by atoms with van der Waals surface area (Å²) in [4.78, 5) is 8.71. The van der Waals surface area contributed by atoms with Crippen molar-refractivity contribution in [2.24, 2.45) is 0 Å². The molecule has 6 nitrogen and oxygen atoms in total. The van der Waals surface area contributed by atoms with Gasteiger partial charge in [-0.05, 0) is 24.6 Å². The van der Waals surface area contributed by atoms with E-state index in [-0.39, 0.29) is 0 Å². The molecule has 0 saturated heterocycles. The molecule has 0 aliphatic rings. The van der Waals surface area contributed by atoms with Gasteiger partial charge in [0.25, 0.3) is 0 Å². The second-order valence-electron chi connectivity index (χ2n) is 4.32. The minimum absolute atomic E-state index is 0.518. The van der Waals surface area contributed by atoms with E-state index in [2.05, 4.69) is 30.8 Å². The molecule has 0 atom stereocenters. The average Bonchev–Trinajstić information content (AvgIpc) is 2.92. The molecular weight excluding hydrogens is 276 g/mol. The van der Waals surface area contributed by atoms with Crippen LogP contribution in [-0.2, 0) is 0 Å². The maximum absolute atomic E-state index is 6.13. The van der Waals surface area contributed by atoms with Crippen molar-refractivity contribution in [2.45, 2.75) is 6.92 Å². The fourth-order valence-corrected chi connectivity index (χ4v) is 2.09. The first-order valence-electron chi connectivity index (χ1n) is 6.10. The number of halogens is 1. The zero-order chi connectivity index (χ0) is 14.1. The lowest BCUT2D eigenvalue weighted by Gasteiger charge is -2.11. The first-order chi connectivity index (χ1) is 9.69. The number of H-pyrrole nitrogens is 1. The highest BCUT2D eigenvalue weighted by Gasteiger charge is 2.10. The van der Waals surface area contributed by atoms with Gasteiger partial charge in [-0.1, -0.05) is 17.7 Å². The van der Waals surface area contributed by atoms with Crippen LogP contribution in [-0.4, -0.2) is 27.2 Å². The van der Waals surface area contributed by atoms with Gasteiger partial charge in [-0.2, -0.15) is 15.1 Å². The van der Waals surface area contributed by atoms with Crippen LogP contribution in [0.2, 0.25) is 5.02 Å². The van der Waals surface area contributed by atoms with Crippen molar-refractivity contribution in [2.75, 3.05) is 17.7 Å². The molecule has 3 N–H and O–H groups in total. The number of rotatable bonds is 3. The molecule has 2 aromatic heterocycles. The molecule has 0 bridgehead atoms. The molecule has 0 unspecified atom stereocenters. The smallest absolute Gasteiger partial charge is 0.226 e. The highest BCUT2D eigenvalue weighted by Crippen LogP contribution is 2.28. The number of hydrogen-bond acceptors (Lipinski definition) is 5. The molecule has 3 rings (SSSR count). The molecule has 0 spiro atoms. The van der Waals surface area contributed by atoms with Gasteiger partial charge in [-0.15, -0.1) is 0 Å². The monoisotopic (exact) mass is 288 g/mol. The Labute approximate surface area is 120 Å². The van der Waals surface area contributed by atoms with Crippen molar-refractivity contribution < 1.29 is 0 Å². The van der Waals surface area contributed by atoms with Crippen LogP contribution in [0.3, 0.4) is 0 Å². The molecule has 0 aliphatic carbocycles. The van der Waals surface area contributed by atoms with Gasteiger partial charge in [-0.3, -0.25) is 5.10 Å². The first-order valence-corrected chi connectivity index (χ1v) is 6.48. The Morgan fingerprint density at radius 2 is 2.10 bits per heavy atom. The van der Waals surface area contributed by atoms with E-state index in [1.165, 1.54) is 0 Å². The van der Waals surface area contributed by atoms with Crippen LogP contribution in [0.25, 0.3) is 11.0 Å². The number of nitrogens with zero attached hydrogens (tertiary/aromatic N) is 3. The van der Waals surface area contributed by atoms with E-state index in [0.717, 1.165) is 16.6 Å². The van der Waals surface area contributed by atoms with Gasteiger partial charge in [0, 0.05) is 17.8 Å². The van der Waals surface area contributed by atoms with E-state index in [4.69, 9.17) is 11.6 Å². The number of benzene rings is 1. The van der Waals surface area contributed by atoms with E-state index < -0.39 is 0 Å². The predicted octanol–water partition coefficient (Wildman–Crippen LogP) is 3.10. The molecule has 7 heteroatoms. The zero-order valence-electron chi connectivity index (χ0n) is 11.0. The summed E-state index contributed by atoms with van der Waals surface area (Å²) in [5.74, 6) is 1.20. The first kappa shape index (κ1) is 12.7. The Balaban J connectivity index is 2.10. The molecule has 1 aromatic carbocycles. The van der Waals surface area contributed by atoms with Gasteiger partial charge >= 0.3 is 0 Å². The normalized spacial score (nSPS) is 10.8. The van der Waals surface area contributed by atoms with E-state index in [1.54, 1.807) is 13.2 Å². The molecule has 0 radical (unpaired) electrons. The largest absolute Gasteiger partial charge is 0.357 e. The SMILES string of the molecule is CNc1nc(Nc2cccc(Cl)c2C)c2cn[nH]c2n1. The van der Waals surface area contributed by atoms with Crippen molar-refractivity contribution in [3.05, 3.63) is 35.0 Å². The van der Waals surface area contributed by atoms with Crippen LogP contribution in [0, 0.1) is 6.92 Å². The van der Waals surface area contributed by atoms with Crippen LogP contribution in [0.5, 0.6) is 0 Å². The summed E-state index contributed by atoms with van der Waals surface area (Å²) in [5, 5.41) is 14.6. The van der Waals surface area contributed by atoms with E-state index >= 15 is 0 Å². The quantitative estimate of drug-likeness (QED) is 0.690. The molecule has 3 aromatic rings. The summed E-state index contributed by atoms with van der Waals surface area (Å²) < 4.78 is 0. The fourth-order valence-electron chi connectivity index (χ4n) is 1.91. The third-order valence-electron chi connectivity index (χ3n) is 3.05. The van der Waals surface area contributed by atoms with Crippen molar-refractivity contribution in [3.8, 4) is 0 Å². The number of nitrogens with one attached hydrogen (secondary N) is 3. The summed E-state index contributed by atoms with van der Waals surface area (Å²) in [6, 6.07) is 5.70. The topological polar surface area (TPSA) is 78.5 Å². The molecule has 0 aliphatic heterocycles. The minimum Gasteiger partial charge on any atom is -0.357 e. The van der Waals surface area contributed by atoms with Crippen molar-refractivity contribution in [3.63, 3.8) is 0 Å². The Hall–Kier alpha value is -2.34. The average molecular weight is 289 g/mol. The number of aromatic amines is 1. The zero-order valence-corrected chi connectivity index (χ0v) is 11.8. The van der Waals surface area contributed by atoms with Gasteiger partial charge in [0.05, 0.1) is 11.6 Å². The Kier molecular flexibility index (Phi) is 3.15. The van der Waals surface area contributed by atoms with Gasteiger partial charge in [0.2, 0.25) is 5.95 Å². The lowest BCUT2D eigenvalue weighted by molar-refractivity contribution is 1.09. The maximum atomic E-state index is 6.13.